The lowest BCUT2D eigenvalue weighted by Gasteiger charge is -2.06. The standard InChI is InChI=1S/C13H20N2O/c1-3-9-15-12-7-5-11(6-8-12)10-13(16)14-4-2/h5-8,15H,3-4,9-10H2,1-2H3,(H,14,16). The Labute approximate surface area is 97.2 Å². The number of carbonyl (C=O) groups is 1. The molecule has 0 bridgehead atoms. The van der Waals surface area contributed by atoms with E-state index in [0.717, 1.165) is 24.2 Å². The Morgan fingerprint density at radius 3 is 2.44 bits per heavy atom. The highest BCUT2D eigenvalue weighted by atomic mass is 16.1. The molecule has 0 unspecified atom stereocenters. The van der Waals surface area contributed by atoms with E-state index in [2.05, 4.69) is 17.6 Å². The number of likely N-dealkylation sites (N-methyl/N-ethyl adjacent to an activating group) is 1. The highest BCUT2D eigenvalue weighted by Crippen LogP contribution is 2.09. The number of carbonyl (C=O) groups excluding carboxylic acids is 1. The van der Waals surface area contributed by atoms with Crippen LogP contribution in [-0.2, 0) is 11.2 Å². The summed E-state index contributed by atoms with van der Waals surface area (Å²) in [7, 11) is 0. The van der Waals surface area contributed by atoms with Gasteiger partial charge in [-0.05, 0) is 31.0 Å². The molecule has 0 radical (unpaired) electrons. The SMILES string of the molecule is CCCNc1ccc(CC(=O)NCC)cc1. The first kappa shape index (κ1) is 12.6. The van der Waals surface area contributed by atoms with Crippen LogP contribution in [0.15, 0.2) is 24.3 Å². The Morgan fingerprint density at radius 1 is 1.19 bits per heavy atom. The van der Waals surface area contributed by atoms with Crippen molar-refractivity contribution in [3.05, 3.63) is 29.8 Å². The van der Waals surface area contributed by atoms with Crippen LogP contribution >= 0.6 is 0 Å². The molecule has 3 heteroatoms. The van der Waals surface area contributed by atoms with Gasteiger partial charge in [0.15, 0.2) is 0 Å². The third-order valence-corrected chi connectivity index (χ3v) is 2.27. The van der Waals surface area contributed by atoms with Crippen molar-refractivity contribution in [3.8, 4) is 0 Å². The van der Waals surface area contributed by atoms with Gasteiger partial charge in [0, 0.05) is 18.8 Å². The Balaban J connectivity index is 2.47. The molecule has 0 saturated carbocycles. The fraction of sp³-hybridized carbons (Fsp3) is 0.462. The molecule has 16 heavy (non-hydrogen) atoms. The third kappa shape index (κ3) is 4.34. The molecule has 0 aliphatic heterocycles. The number of hydrogen-bond donors (Lipinski definition) is 2. The zero-order chi connectivity index (χ0) is 11.8. The molecule has 0 aliphatic rings. The van der Waals surface area contributed by atoms with Gasteiger partial charge in [-0.1, -0.05) is 19.1 Å². The quantitative estimate of drug-likeness (QED) is 0.771. The Kier molecular flexibility index (Phi) is 5.40. The second-order valence-corrected chi connectivity index (χ2v) is 3.75. The van der Waals surface area contributed by atoms with Gasteiger partial charge in [-0.25, -0.2) is 0 Å². The van der Waals surface area contributed by atoms with Crippen molar-refractivity contribution >= 4 is 11.6 Å². The van der Waals surface area contributed by atoms with Crippen LogP contribution in [0, 0.1) is 0 Å². The lowest BCUT2D eigenvalue weighted by atomic mass is 10.1. The van der Waals surface area contributed by atoms with Gasteiger partial charge < -0.3 is 10.6 Å². The van der Waals surface area contributed by atoms with Crippen LogP contribution in [0.4, 0.5) is 5.69 Å². The van der Waals surface area contributed by atoms with Crippen LogP contribution in [-0.4, -0.2) is 19.0 Å². The van der Waals surface area contributed by atoms with Crippen molar-refractivity contribution in [2.75, 3.05) is 18.4 Å². The summed E-state index contributed by atoms with van der Waals surface area (Å²) in [4.78, 5) is 11.3. The molecule has 88 valence electrons. The maximum Gasteiger partial charge on any atom is 0.224 e. The summed E-state index contributed by atoms with van der Waals surface area (Å²) in [6, 6.07) is 8.02. The predicted molar refractivity (Wildman–Crippen MR) is 67.6 cm³/mol. The van der Waals surface area contributed by atoms with Crippen LogP contribution in [0.2, 0.25) is 0 Å². The van der Waals surface area contributed by atoms with E-state index >= 15 is 0 Å². The van der Waals surface area contributed by atoms with Crippen molar-refractivity contribution in [2.24, 2.45) is 0 Å². The van der Waals surface area contributed by atoms with Crippen molar-refractivity contribution in [1.82, 2.24) is 5.32 Å². The normalized spacial score (nSPS) is 9.88. The molecule has 0 aromatic heterocycles. The third-order valence-electron chi connectivity index (χ3n) is 2.27. The summed E-state index contributed by atoms with van der Waals surface area (Å²) in [6.07, 6.45) is 1.57. The van der Waals surface area contributed by atoms with Crippen molar-refractivity contribution < 1.29 is 4.79 Å². The highest BCUT2D eigenvalue weighted by molar-refractivity contribution is 5.78. The van der Waals surface area contributed by atoms with Gasteiger partial charge in [-0.2, -0.15) is 0 Å². The van der Waals surface area contributed by atoms with E-state index in [9.17, 15) is 4.79 Å². The smallest absolute Gasteiger partial charge is 0.224 e. The summed E-state index contributed by atoms with van der Waals surface area (Å²) < 4.78 is 0. The number of amides is 1. The maximum absolute atomic E-state index is 11.3. The fourth-order valence-corrected chi connectivity index (χ4v) is 1.45. The highest BCUT2D eigenvalue weighted by Gasteiger charge is 2.01. The van der Waals surface area contributed by atoms with Gasteiger partial charge in [0.25, 0.3) is 0 Å². The van der Waals surface area contributed by atoms with Gasteiger partial charge in [-0.3, -0.25) is 4.79 Å². The van der Waals surface area contributed by atoms with Gasteiger partial charge in [-0.15, -0.1) is 0 Å². The molecule has 0 spiro atoms. The molecule has 3 nitrogen and oxygen atoms in total. The average molecular weight is 220 g/mol. The predicted octanol–water partition coefficient (Wildman–Crippen LogP) is 2.19. The first-order chi connectivity index (χ1) is 7.76. The second-order valence-electron chi connectivity index (χ2n) is 3.75. The molecular weight excluding hydrogens is 200 g/mol. The summed E-state index contributed by atoms with van der Waals surface area (Å²) in [5, 5.41) is 6.09. The Bertz CT molecular complexity index is 319. The molecule has 0 aliphatic carbocycles. The van der Waals surface area contributed by atoms with Crippen LogP contribution in [0.25, 0.3) is 0 Å². The maximum atomic E-state index is 11.3. The molecular formula is C13H20N2O. The van der Waals surface area contributed by atoms with Gasteiger partial charge in [0.05, 0.1) is 6.42 Å². The topological polar surface area (TPSA) is 41.1 Å². The summed E-state index contributed by atoms with van der Waals surface area (Å²) >= 11 is 0. The van der Waals surface area contributed by atoms with Crippen molar-refractivity contribution in [2.45, 2.75) is 26.7 Å². The van der Waals surface area contributed by atoms with Crippen molar-refractivity contribution in [3.63, 3.8) is 0 Å². The van der Waals surface area contributed by atoms with Gasteiger partial charge >= 0.3 is 0 Å². The Morgan fingerprint density at radius 2 is 1.88 bits per heavy atom. The molecule has 1 aromatic rings. The van der Waals surface area contributed by atoms with Crippen LogP contribution in [0.5, 0.6) is 0 Å². The van der Waals surface area contributed by atoms with Crippen LogP contribution in [0.1, 0.15) is 25.8 Å². The molecule has 0 heterocycles. The van der Waals surface area contributed by atoms with Crippen molar-refractivity contribution in [1.29, 1.82) is 0 Å². The van der Waals surface area contributed by atoms with Gasteiger partial charge in [0.2, 0.25) is 5.91 Å². The molecule has 0 saturated heterocycles. The van der Waals surface area contributed by atoms with E-state index in [1.165, 1.54) is 0 Å². The van der Waals surface area contributed by atoms with E-state index < -0.39 is 0 Å². The van der Waals surface area contributed by atoms with E-state index in [1.807, 2.05) is 31.2 Å². The summed E-state index contributed by atoms with van der Waals surface area (Å²) in [5.74, 6) is 0.0803. The largest absolute Gasteiger partial charge is 0.385 e. The number of hydrogen-bond acceptors (Lipinski definition) is 2. The summed E-state index contributed by atoms with van der Waals surface area (Å²) in [5.41, 5.74) is 2.16. The first-order valence-electron chi connectivity index (χ1n) is 5.85. The monoisotopic (exact) mass is 220 g/mol. The van der Waals surface area contributed by atoms with Crippen LogP contribution < -0.4 is 10.6 Å². The zero-order valence-corrected chi connectivity index (χ0v) is 10.0. The molecule has 1 rings (SSSR count). The average Bonchev–Trinajstić information content (AvgIpc) is 2.28. The number of anilines is 1. The minimum absolute atomic E-state index is 0.0803. The number of nitrogens with one attached hydrogen (secondary N) is 2. The molecule has 0 atom stereocenters. The molecule has 2 N–H and O–H groups in total. The van der Waals surface area contributed by atoms with E-state index in [0.29, 0.717) is 13.0 Å². The molecule has 0 fully saturated rings. The lowest BCUT2D eigenvalue weighted by molar-refractivity contribution is -0.120. The van der Waals surface area contributed by atoms with Gasteiger partial charge in [0.1, 0.15) is 0 Å². The Hall–Kier alpha value is -1.51. The minimum atomic E-state index is 0.0803. The zero-order valence-electron chi connectivity index (χ0n) is 10.0. The molecule has 1 aromatic carbocycles. The fourth-order valence-electron chi connectivity index (χ4n) is 1.45. The van der Waals surface area contributed by atoms with E-state index in [1.54, 1.807) is 0 Å². The second kappa shape index (κ2) is 6.88. The number of benzene rings is 1. The minimum Gasteiger partial charge on any atom is -0.385 e. The van der Waals surface area contributed by atoms with E-state index in [-0.39, 0.29) is 5.91 Å². The van der Waals surface area contributed by atoms with Crippen LogP contribution in [0.3, 0.4) is 0 Å². The first-order valence-corrected chi connectivity index (χ1v) is 5.85. The summed E-state index contributed by atoms with van der Waals surface area (Å²) in [6.45, 7) is 5.73. The van der Waals surface area contributed by atoms with E-state index in [4.69, 9.17) is 0 Å². The molecule has 1 amide bonds. The lowest BCUT2D eigenvalue weighted by Crippen LogP contribution is -2.24. The number of rotatable bonds is 6.